The van der Waals surface area contributed by atoms with Gasteiger partial charge in [0.25, 0.3) is 0 Å². The number of aliphatic hydroxyl groups excluding tert-OH is 3. The molecule has 0 spiro atoms. The van der Waals surface area contributed by atoms with Crippen LogP contribution in [0.3, 0.4) is 0 Å². The number of methoxy groups -OCH3 is 1. The van der Waals surface area contributed by atoms with Crippen molar-refractivity contribution in [2.75, 3.05) is 54.0 Å². The second-order valence-corrected chi connectivity index (χ2v) is 19.4. The highest BCUT2D eigenvalue weighted by Crippen LogP contribution is 2.38. The first-order chi connectivity index (χ1) is 28.9. The van der Waals surface area contributed by atoms with E-state index in [4.69, 9.17) is 40.6 Å². The lowest BCUT2D eigenvalue weighted by atomic mass is 9.77. The highest BCUT2D eigenvalue weighted by Gasteiger charge is 2.51. The summed E-state index contributed by atoms with van der Waals surface area (Å²) in [6.07, 6.45) is -5.61. The van der Waals surface area contributed by atoms with E-state index in [2.05, 4.69) is 22.5 Å². The molecular weight excluding hydrogens is 821 g/mol. The van der Waals surface area contributed by atoms with Gasteiger partial charge in [0.1, 0.15) is 23.9 Å². The van der Waals surface area contributed by atoms with Crippen LogP contribution in [0.1, 0.15) is 121 Å². The fourth-order valence-corrected chi connectivity index (χ4v) is 9.17. The number of ether oxygens (including phenoxy) is 6. The van der Waals surface area contributed by atoms with Crippen LogP contribution in [0.2, 0.25) is 0 Å². The standard InChI is InChI=1S/C45H88N4O12S/c1-15-17-20-46-43(62)47-21-18-22-49-26-27(3)25-44(10,54)40(61-42-37(51)34(48(12)13)24-28(4)57-42)29(5)38(60-36(19-23-56-14)58-33(9)32(8)50)30(6)41(53)59-35(16-2)45(11,55)39(52)31(49)7/h27-40,42,50-52,54-55H,15-26H2,1-14H3,(H2,46,47,62)/t27-,28-,29+,30-,31-,32-,33+,34+,35-,36+,37-,38+,39-,40-,42+,44-,45-/m1/s1. The van der Waals surface area contributed by atoms with Crippen molar-refractivity contribution in [2.45, 2.75) is 206 Å². The summed E-state index contributed by atoms with van der Waals surface area (Å²) in [6.45, 7) is 22.2. The smallest absolute Gasteiger partial charge is 0.311 e. The summed E-state index contributed by atoms with van der Waals surface area (Å²) in [5, 5.41) is 66.1. The molecule has 2 aliphatic heterocycles. The number of nitrogens with one attached hydrogen (secondary N) is 2. The van der Waals surface area contributed by atoms with Gasteiger partial charge in [0.2, 0.25) is 0 Å². The van der Waals surface area contributed by atoms with Crippen LogP contribution in [0, 0.1) is 17.8 Å². The maximum absolute atomic E-state index is 14.5. The predicted molar refractivity (Wildman–Crippen MR) is 243 cm³/mol. The summed E-state index contributed by atoms with van der Waals surface area (Å²) >= 11 is 5.47. The van der Waals surface area contributed by atoms with E-state index in [1.165, 1.54) is 6.92 Å². The van der Waals surface area contributed by atoms with Crippen molar-refractivity contribution in [3.05, 3.63) is 0 Å². The zero-order valence-electron chi connectivity index (χ0n) is 40.5. The van der Waals surface area contributed by atoms with Crippen molar-refractivity contribution in [1.29, 1.82) is 0 Å². The second kappa shape index (κ2) is 26.7. The summed E-state index contributed by atoms with van der Waals surface area (Å²) in [5.41, 5.74) is -3.47. The van der Waals surface area contributed by atoms with Crippen LogP contribution in [0.4, 0.5) is 0 Å². The molecule has 366 valence electrons. The molecule has 2 aliphatic rings. The van der Waals surface area contributed by atoms with Gasteiger partial charge in [-0.15, -0.1) is 0 Å². The second-order valence-electron chi connectivity index (χ2n) is 19.0. The van der Waals surface area contributed by atoms with Crippen molar-refractivity contribution in [3.63, 3.8) is 0 Å². The first-order valence-corrected chi connectivity index (χ1v) is 23.6. The van der Waals surface area contributed by atoms with Gasteiger partial charge in [-0.3, -0.25) is 9.69 Å². The van der Waals surface area contributed by atoms with Crippen molar-refractivity contribution < 1.29 is 58.7 Å². The van der Waals surface area contributed by atoms with Gasteiger partial charge in [0, 0.05) is 57.7 Å². The Morgan fingerprint density at radius 2 is 1.68 bits per heavy atom. The summed E-state index contributed by atoms with van der Waals surface area (Å²) in [5.74, 6) is -2.73. The SMILES string of the molecule is CCCCNC(=S)NCCCN1C[C@H](C)C[C@@](C)(O)[C@H](O[C@@H]2O[C@H](C)C[C@H](N(C)C)[C@H]2O)[C@@H](C)[C@H](O[C@@H](CCOC)O[C@@H](C)[C@@H](C)O)[C@@H](C)C(=O)O[C@H](CC)[C@@](C)(O)[C@H](O)[C@H]1C. The molecule has 0 saturated carbocycles. The minimum atomic E-state index is -1.86. The third-order valence-corrected chi connectivity index (χ3v) is 13.2. The molecule has 0 unspecified atom stereocenters. The van der Waals surface area contributed by atoms with E-state index >= 15 is 0 Å². The number of nitrogens with zero attached hydrogens (tertiary/aromatic N) is 2. The molecule has 0 bridgehead atoms. The summed E-state index contributed by atoms with van der Waals surface area (Å²) < 4.78 is 37.6. The molecule has 0 radical (unpaired) electrons. The lowest BCUT2D eigenvalue weighted by Gasteiger charge is -2.47. The number of thiocarbonyl (C=S) groups is 1. The number of hydrogen-bond donors (Lipinski definition) is 7. The third kappa shape index (κ3) is 16.8. The van der Waals surface area contributed by atoms with Crippen molar-refractivity contribution >= 4 is 23.3 Å². The Bertz CT molecular complexity index is 1300. The number of hydrogen-bond acceptors (Lipinski definition) is 15. The number of esters is 1. The number of rotatable bonds is 19. The van der Waals surface area contributed by atoms with Gasteiger partial charge < -0.3 is 69.5 Å². The van der Waals surface area contributed by atoms with Crippen LogP contribution in [-0.2, 0) is 33.2 Å². The summed E-state index contributed by atoms with van der Waals surface area (Å²) in [4.78, 5) is 18.5. The molecular formula is C45H88N4O12S. The Kier molecular flexibility index (Phi) is 24.5. The molecule has 0 aromatic rings. The number of cyclic esters (lactones) is 1. The lowest BCUT2D eigenvalue weighted by Crippen LogP contribution is -2.59. The van der Waals surface area contributed by atoms with E-state index in [0.29, 0.717) is 37.6 Å². The largest absolute Gasteiger partial charge is 0.459 e. The Hall–Kier alpha value is -1.32. The van der Waals surface area contributed by atoms with Crippen molar-refractivity contribution in [1.82, 2.24) is 20.4 Å². The molecule has 0 aromatic carbocycles. The molecule has 17 atom stereocenters. The number of aliphatic hydroxyl groups is 5. The van der Waals surface area contributed by atoms with Gasteiger partial charge in [-0.1, -0.05) is 34.1 Å². The van der Waals surface area contributed by atoms with E-state index in [9.17, 15) is 30.3 Å². The van der Waals surface area contributed by atoms with Gasteiger partial charge in [0.15, 0.2) is 17.7 Å². The first-order valence-electron chi connectivity index (χ1n) is 23.1. The van der Waals surface area contributed by atoms with Crippen LogP contribution in [0.15, 0.2) is 0 Å². The minimum absolute atomic E-state index is 0.197. The maximum Gasteiger partial charge on any atom is 0.311 e. The van der Waals surface area contributed by atoms with E-state index in [0.717, 1.165) is 19.4 Å². The molecule has 2 saturated heterocycles. The Morgan fingerprint density at radius 3 is 2.24 bits per heavy atom. The molecule has 2 fully saturated rings. The molecule has 17 heteroatoms. The number of unbranched alkanes of at least 4 members (excludes halogenated alkanes) is 1. The zero-order valence-corrected chi connectivity index (χ0v) is 41.4. The average Bonchev–Trinajstić information content (AvgIpc) is 3.19. The summed E-state index contributed by atoms with van der Waals surface area (Å²) in [7, 11) is 5.32. The van der Waals surface area contributed by atoms with E-state index < -0.39 is 90.4 Å². The highest BCUT2D eigenvalue weighted by atomic mass is 32.1. The summed E-state index contributed by atoms with van der Waals surface area (Å²) in [6, 6.07) is -0.898. The number of carbonyl (C=O) groups excluding carboxylic acids is 1. The molecule has 0 aliphatic carbocycles. The van der Waals surface area contributed by atoms with Gasteiger partial charge in [-0.05, 0) is 113 Å². The van der Waals surface area contributed by atoms with Crippen molar-refractivity contribution in [3.8, 4) is 0 Å². The fourth-order valence-electron chi connectivity index (χ4n) is 8.97. The van der Waals surface area contributed by atoms with Crippen LogP contribution in [-0.4, -0.2) is 185 Å². The molecule has 2 rings (SSSR count). The van der Waals surface area contributed by atoms with Crippen LogP contribution in [0.5, 0.6) is 0 Å². The molecule has 0 aromatic heterocycles. The monoisotopic (exact) mass is 909 g/mol. The average molecular weight is 909 g/mol. The normalized spacial score (nSPS) is 37.5. The Morgan fingerprint density at radius 1 is 1.05 bits per heavy atom. The minimum Gasteiger partial charge on any atom is -0.459 e. The van der Waals surface area contributed by atoms with Crippen LogP contribution < -0.4 is 10.6 Å². The van der Waals surface area contributed by atoms with Crippen molar-refractivity contribution in [2.24, 2.45) is 17.8 Å². The van der Waals surface area contributed by atoms with Gasteiger partial charge >= 0.3 is 5.97 Å². The Labute approximate surface area is 379 Å². The van der Waals surface area contributed by atoms with Gasteiger partial charge in [-0.25, -0.2) is 0 Å². The van der Waals surface area contributed by atoms with Gasteiger partial charge in [0.05, 0.1) is 48.6 Å². The quantitative estimate of drug-likeness (QED) is 0.0431. The van der Waals surface area contributed by atoms with E-state index in [1.54, 1.807) is 41.7 Å². The molecule has 62 heavy (non-hydrogen) atoms. The zero-order chi connectivity index (χ0) is 47.1. The topological polar surface area (TPSA) is 204 Å². The first kappa shape index (κ1) is 56.8. The van der Waals surface area contributed by atoms with E-state index in [-0.39, 0.29) is 43.9 Å². The molecule has 2 heterocycles. The predicted octanol–water partition coefficient (Wildman–Crippen LogP) is 3.17. The van der Waals surface area contributed by atoms with Crippen LogP contribution in [0.25, 0.3) is 0 Å². The third-order valence-electron chi connectivity index (χ3n) is 12.9. The lowest BCUT2D eigenvalue weighted by molar-refractivity contribution is -0.306. The number of likely N-dealkylation sites (N-methyl/N-ethyl adjacent to an activating group) is 1. The Balaban J connectivity index is 2.75. The molecule has 16 nitrogen and oxygen atoms in total. The van der Waals surface area contributed by atoms with Crippen LogP contribution >= 0.6 is 12.2 Å². The van der Waals surface area contributed by atoms with Gasteiger partial charge in [-0.2, -0.15) is 0 Å². The molecule has 0 amide bonds. The highest BCUT2D eigenvalue weighted by molar-refractivity contribution is 7.80. The van der Waals surface area contributed by atoms with E-state index in [1.807, 2.05) is 46.7 Å². The molecule has 7 N–H and O–H groups in total. The maximum atomic E-state index is 14.5. The fraction of sp³-hybridized carbons (Fsp3) is 0.956. The number of carbonyl (C=O) groups is 1.